The van der Waals surface area contributed by atoms with Gasteiger partial charge < -0.3 is 14.2 Å². The lowest BCUT2D eigenvalue weighted by Crippen LogP contribution is -2.03. The van der Waals surface area contributed by atoms with Gasteiger partial charge in [-0.25, -0.2) is 14.4 Å². The average molecular weight is 466 g/mol. The Morgan fingerprint density at radius 2 is 0.829 bits per heavy atom. The molecule has 0 aliphatic rings. The molecule has 0 aromatic heterocycles. The second-order valence-corrected chi connectivity index (χ2v) is 7.05. The van der Waals surface area contributed by atoms with Gasteiger partial charge in [-0.15, -0.1) is 0 Å². The summed E-state index contributed by atoms with van der Waals surface area (Å²) in [4.78, 5) is 34.4. The predicted molar refractivity (Wildman–Crippen MR) is 134 cm³/mol. The Morgan fingerprint density at radius 1 is 0.514 bits per heavy atom. The third kappa shape index (κ3) is 7.00. The largest absolute Gasteiger partial charge is 0.423 e. The average Bonchev–Trinajstić information content (AvgIpc) is 2.89. The monoisotopic (exact) mass is 466 g/mol. The first-order valence-electron chi connectivity index (χ1n) is 10.5. The van der Waals surface area contributed by atoms with Gasteiger partial charge in [-0.1, -0.05) is 56.1 Å². The van der Waals surface area contributed by atoms with E-state index in [1.807, 2.05) is 42.5 Å². The molecule has 0 N–H and O–H groups in total. The molecule has 6 heteroatoms. The molecule has 0 unspecified atom stereocenters. The van der Waals surface area contributed by atoms with Crippen molar-refractivity contribution in [1.82, 2.24) is 0 Å². The lowest BCUT2D eigenvalue weighted by Gasteiger charge is -2.11. The number of esters is 3. The Balaban J connectivity index is 1.97. The van der Waals surface area contributed by atoms with Gasteiger partial charge >= 0.3 is 17.9 Å². The summed E-state index contributed by atoms with van der Waals surface area (Å²) in [5.41, 5.74) is 3.40. The second kappa shape index (κ2) is 11.8. The van der Waals surface area contributed by atoms with Gasteiger partial charge in [0.15, 0.2) is 0 Å². The molecule has 0 aliphatic heterocycles. The maximum Gasteiger partial charge on any atom is 0.335 e. The molecule has 0 bridgehead atoms. The normalized spacial score (nSPS) is 9.83. The lowest BCUT2D eigenvalue weighted by atomic mass is 9.95. The molecule has 0 saturated heterocycles. The third-order valence-electron chi connectivity index (χ3n) is 4.68. The van der Waals surface area contributed by atoms with Gasteiger partial charge in [-0.2, -0.15) is 0 Å². The SMILES string of the molecule is C=CC(=O)Oc1ccc(C=C(c2ccc(OC(=O)C=C)cc2)c2ccc(OC(=O)C=C)cc2)cc1. The van der Waals surface area contributed by atoms with Gasteiger partial charge in [0, 0.05) is 18.2 Å². The third-order valence-corrected chi connectivity index (χ3v) is 4.68. The summed E-state index contributed by atoms with van der Waals surface area (Å²) >= 11 is 0. The van der Waals surface area contributed by atoms with E-state index < -0.39 is 17.9 Å². The Kier molecular flexibility index (Phi) is 8.29. The second-order valence-electron chi connectivity index (χ2n) is 7.05. The number of hydrogen-bond donors (Lipinski definition) is 0. The first-order chi connectivity index (χ1) is 16.9. The number of ether oxygens (including phenoxy) is 3. The Bertz CT molecular complexity index is 1210. The van der Waals surface area contributed by atoms with E-state index in [1.165, 1.54) is 0 Å². The fourth-order valence-electron chi connectivity index (χ4n) is 3.01. The number of rotatable bonds is 9. The van der Waals surface area contributed by atoms with E-state index in [9.17, 15) is 14.4 Å². The molecule has 0 saturated carbocycles. The highest BCUT2D eigenvalue weighted by Gasteiger charge is 2.09. The van der Waals surface area contributed by atoms with E-state index in [2.05, 4.69) is 19.7 Å². The van der Waals surface area contributed by atoms with Crippen LogP contribution in [0, 0.1) is 0 Å². The zero-order valence-corrected chi connectivity index (χ0v) is 18.8. The molecule has 0 amide bonds. The molecule has 0 aliphatic carbocycles. The van der Waals surface area contributed by atoms with Crippen molar-refractivity contribution in [3.8, 4) is 17.2 Å². The summed E-state index contributed by atoms with van der Waals surface area (Å²) in [5, 5.41) is 0. The van der Waals surface area contributed by atoms with Gasteiger partial charge in [-0.3, -0.25) is 0 Å². The van der Waals surface area contributed by atoms with Crippen molar-refractivity contribution in [1.29, 1.82) is 0 Å². The van der Waals surface area contributed by atoms with Gasteiger partial charge in [0.25, 0.3) is 0 Å². The molecule has 6 nitrogen and oxygen atoms in total. The van der Waals surface area contributed by atoms with Crippen LogP contribution < -0.4 is 14.2 Å². The molecular formula is C29H22O6. The zero-order chi connectivity index (χ0) is 25.2. The maximum atomic E-state index is 11.5. The summed E-state index contributed by atoms with van der Waals surface area (Å²) in [7, 11) is 0. The van der Waals surface area contributed by atoms with Crippen molar-refractivity contribution in [3.63, 3.8) is 0 Å². The number of benzene rings is 3. The van der Waals surface area contributed by atoms with E-state index in [0.29, 0.717) is 17.2 Å². The highest BCUT2D eigenvalue weighted by Crippen LogP contribution is 2.29. The first-order valence-corrected chi connectivity index (χ1v) is 10.5. The van der Waals surface area contributed by atoms with Crippen molar-refractivity contribution in [2.24, 2.45) is 0 Å². The Hall–Kier alpha value is -4.97. The van der Waals surface area contributed by atoms with Crippen LogP contribution in [0.2, 0.25) is 0 Å². The summed E-state index contributed by atoms with van der Waals surface area (Å²) in [5.74, 6) is -0.458. The molecule has 3 aromatic rings. The van der Waals surface area contributed by atoms with E-state index in [0.717, 1.165) is 40.5 Å². The fraction of sp³-hybridized carbons (Fsp3) is 0. The van der Waals surface area contributed by atoms with Crippen LogP contribution >= 0.6 is 0 Å². The van der Waals surface area contributed by atoms with E-state index in [-0.39, 0.29) is 0 Å². The zero-order valence-electron chi connectivity index (χ0n) is 18.8. The van der Waals surface area contributed by atoms with Crippen LogP contribution in [0.15, 0.2) is 111 Å². The van der Waals surface area contributed by atoms with Crippen molar-refractivity contribution >= 4 is 29.6 Å². The smallest absolute Gasteiger partial charge is 0.335 e. The van der Waals surface area contributed by atoms with Gasteiger partial charge in [-0.05, 0) is 64.7 Å². The quantitative estimate of drug-likeness (QED) is 0.178. The summed E-state index contributed by atoms with van der Waals surface area (Å²) < 4.78 is 15.4. The first kappa shape index (κ1) is 24.7. The van der Waals surface area contributed by atoms with Crippen molar-refractivity contribution in [2.45, 2.75) is 0 Å². The van der Waals surface area contributed by atoms with Crippen LogP contribution in [-0.2, 0) is 14.4 Å². The summed E-state index contributed by atoms with van der Waals surface area (Å²) in [6.45, 7) is 10.2. The van der Waals surface area contributed by atoms with E-state index in [4.69, 9.17) is 14.2 Å². The van der Waals surface area contributed by atoms with Crippen LogP contribution in [0.5, 0.6) is 17.2 Å². The number of carbonyl (C=O) groups excluding carboxylic acids is 3. The van der Waals surface area contributed by atoms with Crippen LogP contribution in [0.3, 0.4) is 0 Å². The molecule has 0 fully saturated rings. The van der Waals surface area contributed by atoms with Crippen LogP contribution in [0.1, 0.15) is 16.7 Å². The highest BCUT2D eigenvalue weighted by molar-refractivity contribution is 5.92. The predicted octanol–water partition coefficient (Wildman–Crippen LogP) is 5.55. The molecule has 3 aromatic carbocycles. The molecule has 174 valence electrons. The van der Waals surface area contributed by atoms with Gasteiger partial charge in [0.2, 0.25) is 0 Å². The number of hydrogen-bond acceptors (Lipinski definition) is 6. The lowest BCUT2D eigenvalue weighted by molar-refractivity contribution is -0.129. The summed E-state index contributed by atoms with van der Waals surface area (Å²) in [6, 6.07) is 21.0. The minimum Gasteiger partial charge on any atom is -0.423 e. The van der Waals surface area contributed by atoms with Crippen LogP contribution in [0.25, 0.3) is 11.6 Å². The number of carbonyl (C=O) groups is 3. The fourth-order valence-corrected chi connectivity index (χ4v) is 3.01. The Morgan fingerprint density at radius 3 is 1.14 bits per heavy atom. The highest BCUT2D eigenvalue weighted by atomic mass is 16.5. The molecule has 0 heterocycles. The minimum absolute atomic E-state index is 0.387. The molecule has 0 spiro atoms. The topological polar surface area (TPSA) is 78.9 Å². The molecular weight excluding hydrogens is 444 g/mol. The van der Waals surface area contributed by atoms with Crippen molar-refractivity contribution in [2.75, 3.05) is 0 Å². The van der Waals surface area contributed by atoms with Crippen LogP contribution in [-0.4, -0.2) is 17.9 Å². The molecule has 3 rings (SSSR count). The van der Waals surface area contributed by atoms with Crippen molar-refractivity contribution in [3.05, 3.63) is 127 Å². The summed E-state index contributed by atoms with van der Waals surface area (Å²) in [6.07, 6.45) is 5.23. The molecule has 35 heavy (non-hydrogen) atoms. The van der Waals surface area contributed by atoms with Crippen molar-refractivity contribution < 1.29 is 28.6 Å². The van der Waals surface area contributed by atoms with E-state index in [1.54, 1.807) is 36.4 Å². The van der Waals surface area contributed by atoms with E-state index >= 15 is 0 Å². The van der Waals surface area contributed by atoms with Gasteiger partial charge in [0.05, 0.1) is 0 Å². The maximum absolute atomic E-state index is 11.5. The molecule has 0 atom stereocenters. The molecule has 0 radical (unpaired) electrons. The Labute approximate surface area is 203 Å². The standard InChI is InChI=1S/C29H22O6/c1-4-27(30)33-23-13-7-20(8-14-23)19-26(21-9-15-24(16-10-21)34-28(31)5-2)22-11-17-25(18-12-22)35-29(32)6-3/h4-19H,1-3H2. The van der Waals surface area contributed by atoms with Gasteiger partial charge in [0.1, 0.15) is 17.2 Å². The minimum atomic E-state index is -0.546. The van der Waals surface area contributed by atoms with Crippen LogP contribution in [0.4, 0.5) is 0 Å².